The minimum atomic E-state index is -0.750. The van der Waals surface area contributed by atoms with Gasteiger partial charge in [-0.25, -0.2) is 0 Å². The fourth-order valence-corrected chi connectivity index (χ4v) is 3.38. The number of nitrogens with zero attached hydrogens (tertiary/aromatic N) is 1. The third kappa shape index (κ3) is 2.49. The average Bonchev–Trinajstić information content (AvgIpc) is 2.67. The molecule has 2 amide bonds. The van der Waals surface area contributed by atoms with Crippen molar-refractivity contribution in [3.63, 3.8) is 0 Å². The first kappa shape index (κ1) is 16.8. The summed E-state index contributed by atoms with van der Waals surface area (Å²) in [6, 6.07) is 9.86. The van der Waals surface area contributed by atoms with Gasteiger partial charge in [0.25, 0.3) is 5.24 Å². The summed E-state index contributed by atoms with van der Waals surface area (Å²) in [6.45, 7) is 9.88. The van der Waals surface area contributed by atoms with Crippen molar-refractivity contribution in [2.24, 2.45) is 0 Å². The summed E-state index contributed by atoms with van der Waals surface area (Å²) in [5, 5.41) is -0.175. The highest BCUT2D eigenvalue weighted by atomic mass is 32.2. The van der Waals surface area contributed by atoms with Crippen molar-refractivity contribution in [2.45, 2.75) is 44.8 Å². The van der Waals surface area contributed by atoms with Crippen LogP contribution in [0.3, 0.4) is 0 Å². The van der Waals surface area contributed by atoms with E-state index in [1.165, 1.54) is 4.90 Å². The summed E-state index contributed by atoms with van der Waals surface area (Å²) in [7, 11) is 1.55. The van der Waals surface area contributed by atoms with Gasteiger partial charge in [-0.2, -0.15) is 0 Å². The molecule has 0 aliphatic carbocycles. The molecule has 0 N–H and O–H groups in total. The van der Waals surface area contributed by atoms with Gasteiger partial charge in [0, 0.05) is 12.5 Å². The van der Waals surface area contributed by atoms with E-state index in [1.807, 2.05) is 65.0 Å². The molecular weight excluding hydrogens is 270 g/mol. The van der Waals surface area contributed by atoms with Crippen molar-refractivity contribution in [1.82, 2.24) is 4.90 Å². The summed E-state index contributed by atoms with van der Waals surface area (Å²) in [5.41, 5.74) is 0.660. The van der Waals surface area contributed by atoms with Crippen molar-refractivity contribution in [3.8, 4) is 0 Å². The molecule has 110 valence electrons. The van der Waals surface area contributed by atoms with Crippen LogP contribution in [-0.2, 0) is 10.2 Å². The Bertz CT molecular complexity index is 498. The quantitative estimate of drug-likeness (QED) is 0.824. The molecule has 1 aromatic rings. The summed E-state index contributed by atoms with van der Waals surface area (Å²) >= 11 is 1.12. The third-order valence-corrected chi connectivity index (χ3v) is 5.51. The maximum absolute atomic E-state index is 12.3. The standard InChI is InChI=1S/C14H17NO2S.C2H6/c1-13(2,10-8-6-5-7-9-10)14(3)11(16)15(4)12(17)18-14;1-2/h5-9H,1-4H3;1-2H3. The van der Waals surface area contributed by atoms with Crippen LogP contribution in [0.1, 0.15) is 40.2 Å². The summed E-state index contributed by atoms with van der Waals surface area (Å²) in [4.78, 5) is 25.3. The van der Waals surface area contributed by atoms with Crippen molar-refractivity contribution in [2.75, 3.05) is 7.05 Å². The number of hydrogen-bond acceptors (Lipinski definition) is 3. The lowest BCUT2D eigenvalue weighted by molar-refractivity contribution is -0.129. The number of rotatable bonds is 2. The Morgan fingerprint density at radius 3 is 2.00 bits per heavy atom. The van der Waals surface area contributed by atoms with E-state index in [1.54, 1.807) is 7.05 Å². The van der Waals surface area contributed by atoms with Crippen LogP contribution in [0.5, 0.6) is 0 Å². The van der Waals surface area contributed by atoms with Crippen LogP contribution in [-0.4, -0.2) is 27.8 Å². The van der Waals surface area contributed by atoms with Crippen molar-refractivity contribution in [1.29, 1.82) is 0 Å². The number of imide groups is 1. The van der Waals surface area contributed by atoms with Gasteiger partial charge in [-0.1, -0.05) is 58.0 Å². The van der Waals surface area contributed by atoms with Crippen LogP contribution in [0, 0.1) is 0 Å². The van der Waals surface area contributed by atoms with Crippen LogP contribution in [0.15, 0.2) is 30.3 Å². The van der Waals surface area contributed by atoms with Crippen molar-refractivity contribution in [3.05, 3.63) is 35.9 Å². The van der Waals surface area contributed by atoms with E-state index >= 15 is 0 Å². The molecule has 1 heterocycles. The number of carbonyl (C=O) groups excluding carboxylic acids is 2. The molecule has 1 saturated heterocycles. The Hall–Kier alpha value is -1.29. The van der Waals surface area contributed by atoms with Gasteiger partial charge in [0.15, 0.2) is 0 Å². The largest absolute Gasteiger partial charge is 0.289 e. The zero-order chi connectivity index (χ0) is 15.6. The van der Waals surface area contributed by atoms with E-state index in [0.717, 1.165) is 17.3 Å². The van der Waals surface area contributed by atoms with Gasteiger partial charge in [-0.05, 0) is 24.2 Å². The fraction of sp³-hybridized carbons (Fsp3) is 0.500. The van der Waals surface area contributed by atoms with Gasteiger partial charge in [0.2, 0.25) is 5.91 Å². The van der Waals surface area contributed by atoms with E-state index in [-0.39, 0.29) is 11.1 Å². The minimum Gasteiger partial charge on any atom is -0.275 e. The van der Waals surface area contributed by atoms with E-state index in [9.17, 15) is 9.59 Å². The average molecular weight is 293 g/mol. The van der Waals surface area contributed by atoms with E-state index in [2.05, 4.69) is 0 Å². The van der Waals surface area contributed by atoms with Gasteiger partial charge in [0.1, 0.15) is 4.75 Å². The second-order valence-corrected chi connectivity index (χ2v) is 6.63. The molecule has 0 bridgehead atoms. The highest BCUT2D eigenvalue weighted by Crippen LogP contribution is 2.49. The predicted molar refractivity (Wildman–Crippen MR) is 85.0 cm³/mol. The predicted octanol–water partition coefficient (Wildman–Crippen LogP) is 4.07. The first-order valence-corrected chi connectivity index (χ1v) is 7.69. The number of benzene rings is 1. The van der Waals surface area contributed by atoms with Gasteiger partial charge < -0.3 is 0 Å². The lowest BCUT2D eigenvalue weighted by Crippen LogP contribution is -2.49. The maximum Gasteiger partial charge on any atom is 0.289 e. The molecule has 1 aromatic carbocycles. The van der Waals surface area contributed by atoms with Crippen LogP contribution in [0.4, 0.5) is 4.79 Å². The smallest absolute Gasteiger partial charge is 0.275 e. The molecule has 2 rings (SSSR count). The Morgan fingerprint density at radius 1 is 1.10 bits per heavy atom. The minimum absolute atomic E-state index is 0.119. The first-order chi connectivity index (χ1) is 9.30. The Morgan fingerprint density at radius 2 is 1.60 bits per heavy atom. The molecule has 0 spiro atoms. The second kappa shape index (κ2) is 6.00. The number of hydrogen-bond donors (Lipinski definition) is 0. The van der Waals surface area contributed by atoms with Gasteiger partial charge in [0.05, 0.1) is 0 Å². The van der Waals surface area contributed by atoms with E-state index in [4.69, 9.17) is 0 Å². The van der Waals surface area contributed by atoms with E-state index < -0.39 is 10.2 Å². The summed E-state index contributed by atoms with van der Waals surface area (Å²) in [6.07, 6.45) is 0. The second-order valence-electron chi connectivity index (χ2n) is 5.26. The Kier molecular flexibility index (Phi) is 5.03. The van der Waals surface area contributed by atoms with Crippen LogP contribution >= 0.6 is 11.8 Å². The maximum atomic E-state index is 12.3. The lowest BCUT2D eigenvalue weighted by atomic mass is 9.73. The SMILES string of the molecule is CC.CN1C(=O)SC(C)(C(C)(C)c2ccccc2)C1=O. The molecule has 3 nitrogen and oxygen atoms in total. The molecule has 0 radical (unpaired) electrons. The topological polar surface area (TPSA) is 37.4 Å². The number of thioether (sulfide) groups is 1. The zero-order valence-electron chi connectivity index (χ0n) is 13.1. The highest BCUT2D eigenvalue weighted by Gasteiger charge is 2.57. The third-order valence-electron chi connectivity index (χ3n) is 3.97. The van der Waals surface area contributed by atoms with E-state index in [0.29, 0.717) is 0 Å². The highest BCUT2D eigenvalue weighted by molar-refractivity contribution is 8.16. The monoisotopic (exact) mass is 293 g/mol. The number of carbonyl (C=O) groups is 2. The first-order valence-electron chi connectivity index (χ1n) is 6.87. The number of amides is 2. The Balaban J connectivity index is 0.000000956. The molecular formula is C16H23NO2S. The Labute approximate surface area is 125 Å². The molecule has 1 aliphatic rings. The van der Waals surface area contributed by atoms with Gasteiger partial charge in [-0.15, -0.1) is 0 Å². The normalized spacial score (nSPS) is 22.6. The molecule has 20 heavy (non-hydrogen) atoms. The molecule has 4 heteroatoms. The molecule has 1 fully saturated rings. The van der Waals surface area contributed by atoms with Crippen molar-refractivity contribution >= 4 is 22.9 Å². The summed E-state index contributed by atoms with van der Waals surface area (Å²) < 4.78 is -0.750. The fourth-order valence-electron chi connectivity index (χ4n) is 2.21. The van der Waals surface area contributed by atoms with Crippen LogP contribution in [0.25, 0.3) is 0 Å². The molecule has 1 aliphatic heterocycles. The molecule has 0 saturated carbocycles. The molecule has 1 atom stereocenters. The van der Waals surface area contributed by atoms with Gasteiger partial charge >= 0.3 is 0 Å². The zero-order valence-corrected chi connectivity index (χ0v) is 13.9. The van der Waals surface area contributed by atoms with Gasteiger partial charge in [-0.3, -0.25) is 14.5 Å². The van der Waals surface area contributed by atoms with Crippen LogP contribution in [0.2, 0.25) is 0 Å². The summed E-state index contributed by atoms with van der Waals surface area (Å²) in [5.74, 6) is -0.119. The van der Waals surface area contributed by atoms with Crippen molar-refractivity contribution < 1.29 is 9.59 Å². The van der Waals surface area contributed by atoms with Crippen LogP contribution < -0.4 is 0 Å². The lowest BCUT2D eigenvalue weighted by Gasteiger charge is -2.38. The molecule has 0 aromatic heterocycles. The molecule has 1 unspecified atom stereocenters.